The van der Waals surface area contributed by atoms with Crippen LogP contribution in [0.5, 0.6) is 0 Å². The van der Waals surface area contributed by atoms with Crippen LogP contribution in [0.25, 0.3) is 0 Å². The molecule has 0 aromatic heterocycles. The average Bonchev–Trinajstić information content (AvgIpc) is 3.14. The van der Waals surface area contributed by atoms with E-state index in [4.69, 9.17) is 4.74 Å². The van der Waals surface area contributed by atoms with Gasteiger partial charge >= 0.3 is 0 Å². The normalized spacial score (nSPS) is 43.8. The summed E-state index contributed by atoms with van der Waals surface area (Å²) < 4.78 is 20.9. The molecule has 4 aliphatic heterocycles. The van der Waals surface area contributed by atoms with Crippen LogP contribution in [0, 0.1) is 29.1 Å². The zero-order chi connectivity index (χ0) is 24.3. The van der Waals surface area contributed by atoms with Crippen molar-refractivity contribution >= 4 is 0 Å². The molecule has 0 aromatic carbocycles. The summed E-state index contributed by atoms with van der Waals surface area (Å²) in [5.74, 6) is 8.84. The second-order valence-corrected chi connectivity index (χ2v) is 12.2. The number of nitrogens with zero attached hydrogens (tertiary/aromatic N) is 2. The van der Waals surface area contributed by atoms with Crippen LogP contribution in [0.4, 0.5) is 4.39 Å². The van der Waals surface area contributed by atoms with Crippen molar-refractivity contribution in [2.24, 2.45) is 17.3 Å². The monoisotopic (exact) mass is 481 g/mol. The van der Waals surface area contributed by atoms with Gasteiger partial charge in [-0.1, -0.05) is 69.1 Å². The molecule has 8 rings (SSSR count). The molecule has 0 spiro atoms. The van der Waals surface area contributed by atoms with Crippen molar-refractivity contribution in [1.29, 1.82) is 0 Å². The van der Waals surface area contributed by atoms with Crippen LogP contribution in [0.2, 0.25) is 0 Å². The maximum absolute atomic E-state index is 14.1. The van der Waals surface area contributed by atoms with Gasteiger partial charge < -0.3 is 10.1 Å². The zero-order valence-corrected chi connectivity index (χ0v) is 21.0. The van der Waals surface area contributed by atoms with Gasteiger partial charge in [0, 0.05) is 36.1 Å². The third-order valence-electron chi connectivity index (χ3n) is 10.0. The van der Waals surface area contributed by atoms with Crippen molar-refractivity contribution < 1.29 is 9.13 Å². The average molecular weight is 482 g/mol. The first-order valence-corrected chi connectivity index (χ1v) is 13.5. The minimum absolute atomic E-state index is 0.0200. The Labute approximate surface area is 212 Å². The number of rotatable bonds is 1. The van der Waals surface area contributed by atoms with Gasteiger partial charge in [-0.25, -0.2) is 4.39 Å². The molecule has 36 heavy (non-hydrogen) atoms. The van der Waals surface area contributed by atoms with Crippen LogP contribution >= 0.6 is 0 Å². The summed E-state index contributed by atoms with van der Waals surface area (Å²) in [6, 6.07) is 0.762. The Morgan fingerprint density at radius 1 is 1.11 bits per heavy atom. The summed E-state index contributed by atoms with van der Waals surface area (Å²) in [5, 5.41) is 3.62. The van der Waals surface area contributed by atoms with Crippen LogP contribution < -0.4 is 5.32 Å². The second kappa shape index (κ2) is 7.15. The number of allylic oxidation sites excluding steroid dienone is 4. The summed E-state index contributed by atoms with van der Waals surface area (Å²) >= 11 is 0. The fourth-order valence-electron chi connectivity index (χ4n) is 7.72. The molecule has 8 unspecified atom stereocenters. The maximum Gasteiger partial charge on any atom is 0.191 e. The quantitative estimate of drug-likeness (QED) is 0.559. The smallest absolute Gasteiger partial charge is 0.191 e. The number of hydrogen-bond acceptors (Lipinski definition) is 4. The third kappa shape index (κ3) is 2.78. The van der Waals surface area contributed by atoms with Gasteiger partial charge in [-0.2, -0.15) is 0 Å². The standard InChI is InChI=1S/C31H32FN3O/c1-17-28(31(17,2)3)35-22-7-5-4-6-21(10-11-22)34-16-18-8-12-23-24-15-19-14-20(32)9-13-25(19)33-29(24)36-27(23)26(18)30(34)35/h4-8,12,14-15,17,21-23,25,27-28,30,33H,9,13,16H2,1-3H3/b6-4-,7-5?. The lowest BCUT2D eigenvalue weighted by Crippen LogP contribution is -2.55. The molecule has 2 bridgehead atoms. The predicted octanol–water partition coefficient (Wildman–Crippen LogP) is 4.49. The van der Waals surface area contributed by atoms with Crippen LogP contribution in [-0.4, -0.2) is 52.8 Å². The molecule has 1 saturated carbocycles. The van der Waals surface area contributed by atoms with Crippen molar-refractivity contribution in [3.05, 3.63) is 82.6 Å². The molecular formula is C31H32FN3O. The Hall–Kier alpha value is -2.81. The highest BCUT2D eigenvalue weighted by Gasteiger charge is 2.63. The number of hydrogen-bond donors (Lipinski definition) is 1. The van der Waals surface area contributed by atoms with Gasteiger partial charge in [0.25, 0.3) is 0 Å². The molecule has 8 atom stereocenters. The highest BCUT2D eigenvalue weighted by Crippen LogP contribution is 2.58. The third-order valence-corrected chi connectivity index (χ3v) is 10.0. The van der Waals surface area contributed by atoms with E-state index < -0.39 is 0 Å². The molecule has 0 aromatic rings. The highest BCUT2D eigenvalue weighted by molar-refractivity contribution is 5.54. The molecule has 0 radical (unpaired) electrons. The molecule has 4 nitrogen and oxygen atoms in total. The predicted molar refractivity (Wildman–Crippen MR) is 138 cm³/mol. The number of ether oxygens (including phenoxy) is 1. The van der Waals surface area contributed by atoms with Crippen LogP contribution in [0.15, 0.2) is 82.6 Å². The van der Waals surface area contributed by atoms with Gasteiger partial charge in [0.2, 0.25) is 0 Å². The van der Waals surface area contributed by atoms with E-state index in [0.29, 0.717) is 18.4 Å². The van der Waals surface area contributed by atoms with Gasteiger partial charge in [-0.05, 0) is 41.1 Å². The van der Waals surface area contributed by atoms with Gasteiger partial charge in [0.05, 0.1) is 24.3 Å². The van der Waals surface area contributed by atoms with Crippen LogP contribution in [0.3, 0.4) is 0 Å². The van der Waals surface area contributed by atoms with Gasteiger partial charge in [0.15, 0.2) is 5.88 Å². The van der Waals surface area contributed by atoms with E-state index in [1.807, 2.05) is 0 Å². The lowest BCUT2D eigenvalue weighted by molar-refractivity contribution is 0.0393. The molecule has 1 fully saturated rings. The Balaban J connectivity index is 1.21. The van der Waals surface area contributed by atoms with Crippen LogP contribution in [-0.2, 0) is 4.74 Å². The Kier molecular flexibility index (Phi) is 4.23. The minimum Gasteiger partial charge on any atom is -0.470 e. The number of dihydropyridines is 1. The van der Waals surface area contributed by atoms with Crippen molar-refractivity contribution in [2.75, 3.05) is 6.54 Å². The van der Waals surface area contributed by atoms with Crippen molar-refractivity contribution in [3.8, 4) is 11.8 Å². The van der Waals surface area contributed by atoms with E-state index in [1.54, 1.807) is 6.08 Å². The number of fused-ring (bicyclic) bond motifs is 9. The summed E-state index contributed by atoms with van der Waals surface area (Å²) in [6.07, 6.45) is 18.8. The number of halogens is 1. The Morgan fingerprint density at radius 2 is 1.89 bits per heavy atom. The van der Waals surface area contributed by atoms with Crippen molar-refractivity contribution in [3.63, 3.8) is 0 Å². The Morgan fingerprint density at radius 3 is 2.69 bits per heavy atom. The van der Waals surface area contributed by atoms with E-state index in [9.17, 15) is 4.39 Å². The SMILES string of the molecule is CC1C(N2C3C#CC(/C=C\C=C3)N3CC4=C(C5OC6=C(C=C7C=C(F)CCC7N6)C5C=C4)C32)C1(C)C. The molecule has 184 valence electrons. The lowest BCUT2D eigenvalue weighted by Gasteiger charge is -2.41. The fourth-order valence-corrected chi connectivity index (χ4v) is 7.72. The summed E-state index contributed by atoms with van der Waals surface area (Å²) in [6.45, 7) is 8.05. The molecular weight excluding hydrogens is 449 g/mol. The molecule has 5 heteroatoms. The van der Waals surface area contributed by atoms with Crippen molar-refractivity contribution in [2.45, 2.75) is 70.0 Å². The Bertz CT molecular complexity index is 1350. The summed E-state index contributed by atoms with van der Waals surface area (Å²) in [4.78, 5) is 5.28. The lowest BCUT2D eigenvalue weighted by atomic mass is 9.81. The van der Waals surface area contributed by atoms with Crippen molar-refractivity contribution in [1.82, 2.24) is 15.1 Å². The molecule has 0 amide bonds. The number of nitrogens with one attached hydrogen (secondary N) is 1. The van der Waals surface area contributed by atoms with Crippen LogP contribution in [0.1, 0.15) is 33.6 Å². The zero-order valence-electron chi connectivity index (χ0n) is 21.0. The van der Waals surface area contributed by atoms with E-state index in [0.717, 1.165) is 30.0 Å². The highest BCUT2D eigenvalue weighted by atomic mass is 19.1. The van der Waals surface area contributed by atoms with E-state index >= 15 is 0 Å². The maximum atomic E-state index is 14.1. The second-order valence-electron chi connectivity index (χ2n) is 12.2. The molecule has 0 saturated heterocycles. The van der Waals surface area contributed by atoms with Gasteiger partial charge in [0.1, 0.15) is 11.9 Å². The topological polar surface area (TPSA) is 27.7 Å². The molecule has 1 N–H and O–H groups in total. The molecule has 8 aliphatic rings. The van der Waals surface area contributed by atoms with E-state index in [1.165, 1.54) is 11.1 Å². The van der Waals surface area contributed by atoms with E-state index in [2.05, 4.69) is 90.3 Å². The first kappa shape index (κ1) is 21.3. The first-order valence-electron chi connectivity index (χ1n) is 13.5. The minimum atomic E-state index is -0.0453. The largest absolute Gasteiger partial charge is 0.470 e. The van der Waals surface area contributed by atoms with Gasteiger partial charge in [-0.3, -0.25) is 9.80 Å². The summed E-state index contributed by atoms with van der Waals surface area (Å²) in [7, 11) is 0. The molecule has 4 heterocycles. The summed E-state index contributed by atoms with van der Waals surface area (Å²) in [5.41, 5.74) is 5.22. The fraction of sp³-hybridized carbons (Fsp3) is 0.484. The molecule has 4 aliphatic carbocycles. The van der Waals surface area contributed by atoms with Gasteiger partial charge in [-0.15, -0.1) is 0 Å². The van der Waals surface area contributed by atoms with E-state index in [-0.39, 0.29) is 47.6 Å². The first-order chi connectivity index (χ1) is 17.4.